The first kappa shape index (κ1) is 20.7. The molecule has 0 spiro atoms. The third-order valence-corrected chi connectivity index (χ3v) is 4.89. The van der Waals surface area contributed by atoms with Gasteiger partial charge in [-0.2, -0.15) is 4.98 Å². The molecule has 31 heavy (non-hydrogen) atoms. The van der Waals surface area contributed by atoms with Gasteiger partial charge in [0.05, 0.1) is 6.54 Å². The molecule has 2 N–H and O–H groups in total. The number of rotatable bonds is 8. The maximum absolute atomic E-state index is 5.44. The van der Waals surface area contributed by atoms with Crippen molar-refractivity contribution < 1.29 is 14.0 Å². The van der Waals surface area contributed by atoms with Gasteiger partial charge in [-0.05, 0) is 48.7 Å². The van der Waals surface area contributed by atoms with Crippen LogP contribution in [-0.4, -0.2) is 36.0 Å². The predicted molar refractivity (Wildman–Crippen MR) is 118 cm³/mol. The van der Waals surface area contributed by atoms with E-state index in [1.807, 2.05) is 37.3 Å². The fourth-order valence-corrected chi connectivity index (χ4v) is 3.21. The second-order valence-corrected chi connectivity index (χ2v) is 7.13. The van der Waals surface area contributed by atoms with Crippen LogP contribution in [0.4, 0.5) is 0 Å². The second kappa shape index (κ2) is 9.97. The van der Waals surface area contributed by atoms with Crippen LogP contribution in [0, 0.1) is 0 Å². The second-order valence-electron chi connectivity index (χ2n) is 7.13. The van der Waals surface area contributed by atoms with E-state index in [9.17, 15) is 0 Å². The van der Waals surface area contributed by atoms with Crippen molar-refractivity contribution in [1.82, 2.24) is 20.8 Å². The van der Waals surface area contributed by atoms with Gasteiger partial charge in [0, 0.05) is 25.1 Å². The van der Waals surface area contributed by atoms with E-state index in [1.54, 1.807) is 0 Å². The molecule has 0 fully saturated rings. The maximum atomic E-state index is 5.44. The molecular weight excluding hydrogens is 394 g/mol. The van der Waals surface area contributed by atoms with Crippen LogP contribution in [0.1, 0.15) is 30.8 Å². The molecule has 162 valence electrons. The molecule has 8 nitrogen and oxygen atoms in total. The summed E-state index contributed by atoms with van der Waals surface area (Å²) < 4.78 is 16.1. The highest BCUT2D eigenvalue weighted by atomic mass is 16.7. The molecule has 8 heteroatoms. The van der Waals surface area contributed by atoms with E-state index in [4.69, 9.17) is 14.0 Å². The molecule has 0 radical (unpaired) electrons. The summed E-state index contributed by atoms with van der Waals surface area (Å²) in [4.78, 5) is 9.05. The number of hydrogen-bond acceptors (Lipinski definition) is 6. The Morgan fingerprint density at radius 2 is 1.81 bits per heavy atom. The van der Waals surface area contributed by atoms with Crippen LogP contribution in [0.15, 0.2) is 52.0 Å². The fourth-order valence-electron chi connectivity index (χ4n) is 3.21. The highest BCUT2D eigenvalue weighted by molar-refractivity contribution is 5.79. The number of guanidine groups is 1. The zero-order valence-corrected chi connectivity index (χ0v) is 17.9. The first-order chi connectivity index (χ1) is 15.2. The lowest BCUT2D eigenvalue weighted by Gasteiger charge is -2.11. The Kier molecular flexibility index (Phi) is 6.66. The van der Waals surface area contributed by atoms with Crippen LogP contribution >= 0.6 is 0 Å². The van der Waals surface area contributed by atoms with Crippen molar-refractivity contribution in [3.05, 3.63) is 59.4 Å². The summed E-state index contributed by atoms with van der Waals surface area (Å²) >= 11 is 0. The molecule has 0 bridgehead atoms. The largest absolute Gasteiger partial charge is 0.454 e. The van der Waals surface area contributed by atoms with Gasteiger partial charge in [0.1, 0.15) is 0 Å². The van der Waals surface area contributed by atoms with E-state index in [-0.39, 0.29) is 6.79 Å². The van der Waals surface area contributed by atoms with Crippen molar-refractivity contribution in [3.63, 3.8) is 0 Å². The van der Waals surface area contributed by atoms with Gasteiger partial charge in [0.25, 0.3) is 5.89 Å². The lowest BCUT2D eigenvalue weighted by molar-refractivity contribution is 0.174. The molecule has 0 amide bonds. The normalized spacial score (nSPS) is 12.8. The van der Waals surface area contributed by atoms with Gasteiger partial charge in [0.2, 0.25) is 6.79 Å². The van der Waals surface area contributed by atoms with Crippen LogP contribution in [-0.2, 0) is 19.4 Å². The SMILES string of the molecule is CCNC(=NCc1ccc2c(c1)OCO2)NCCc1ccc(-c2nc(CC)no2)cc1. The number of aryl methyl sites for hydroxylation is 1. The fraction of sp³-hybridized carbons (Fsp3) is 0.348. The Balaban J connectivity index is 1.30. The minimum Gasteiger partial charge on any atom is -0.454 e. The van der Waals surface area contributed by atoms with Gasteiger partial charge in [-0.25, -0.2) is 4.99 Å². The number of fused-ring (bicyclic) bond motifs is 1. The summed E-state index contributed by atoms with van der Waals surface area (Å²) in [6.07, 6.45) is 1.64. The van der Waals surface area contributed by atoms with E-state index in [0.29, 0.717) is 12.4 Å². The zero-order valence-electron chi connectivity index (χ0n) is 17.9. The Bertz CT molecular complexity index is 1030. The molecule has 0 unspecified atom stereocenters. The highest BCUT2D eigenvalue weighted by Gasteiger charge is 2.13. The van der Waals surface area contributed by atoms with Gasteiger partial charge in [0.15, 0.2) is 23.3 Å². The van der Waals surface area contributed by atoms with Crippen molar-refractivity contribution in [2.24, 2.45) is 4.99 Å². The van der Waals surface area contributed by atoms with Crippen molar-refractivity contribution in [3.8, 4) is 23.0 Å². The summed E-state index contributed by atoms with van der Waals surface area (Å²) in [7, 11) is 0. The van der Waals surface area contributed by atoms with Crippen LogP contribution < -0.4 is 20.1 Å². The monoisotopic (exact) mass is 421 g/mol. The van der Waals surface area contributed by atoms with Gasteiger partial charge in [-0.1, -0.05) is 30.3 Å². The van der Waals surface area contributed by atoms with Crippen LogP contribution in [0.3, 0.4) is 0 Å². The summed E-state index contributed by atoms with van der Waals surface area (Å²) in [5.74, 6) is 3.63. The molecule has 2 heterocycles. The van der Waals surface area contributed by atoms with Crippen LogP contribution in [0.2, 0.25) is 0 Å². The number of hydrogen-bond donors (Lipinski definition) is 2. The average molecular weight is 422 g/mol. The first-order valence-electron chi connectivity index (χ1n) is 10.6. The Morgan fingerprint density at radius 1 is 1.00 bits per heavy atom. The van der Waals surface area contributed by atoms with E-state index < -0.39 is 0 Å². The number of benzene rings is 2. The molecule has 2 aromatic carbocycles. The third-order valence-electron chi connectivity index (χ3n) is 4.89. The summed E-state index contributed by atoms with van der Waals surface area (Å²) in [6.45, 7) is 6.47. The van der Waals surface area contributed by atoms with E-state index >= 15 is 0 Å². The average Bonchev–Trinajstić information content (AvgIpc) is 3.47. The summed E-state index contributed by atoms with van der Waals surface area (Å²) in [5, 5.41) is 10.6. The number of nitrogens with zero attached hydrogens (tertiary/aromatic N) is 3. The number of aromatic nitrogens is 2. The van der Waals surface area contributed by atoms with Crippen molar-refractivity contribution >= 4 is 5.96 Å². The lowest BCUT2D eigenvalue weighted by atomic mass is 10.1. The summed E-state index contributed by atoms with van der Waals surface area (Å²) in [5.41, 5.74) is 3.23. The molecule has 4 rings (SSSR count). The number of aliphatic imine (C=N–C) groups is 1. The molecule has 1 aromatic heterocycles. The summed E-state index contributed by atoms with van der Waals surface area (Å²) in [6, 6.07) is 14.1. The zero-order chi connectivity index (χ0) is 21.5. The van der Waals surface area contributed by atoms with Crippen molar-refractivity contribution in [2.75, 3.05) is 19.9 Å². The number of nitrogens with one attached hydrogen (secondary N) is 2. The van der Waals surface area contributed by atoms with Crippen LogP contribution in [0.25, 0.3) is 11.5 Å². The molecule has 0 atom stereocenters. The van der Waals surface area contributed by atoms with Crippen molar-refractivity contribution in [1.29, 1.82) is 0 Å². The maximum Gasteiger partial charge on any atom is 0.257 e. The quantitative estimate of drug-likeness (QED) is 0.426. The third kappa shape index (κ3) is 5.33. The number of ether oxygens (including phenoxy) is 2. The first-order valence-corrected chi connectivity index (χ1v) is 10.6. The van der Waals surface area contributed by atoms with Gasteiger partial charge < -0.3 is 24.6 Å². The van der Waals surface area contributed by atoms with Gasteiger partial charge in [-0.3, -0.25) is 0 Å². The standard InChI is InChI=1S/C23H27N5O3/c1-3-21-27-22(31-28-21)18-8-5-16(6-9-18)11-12-25-23(24-4-2)26-14-17-7-10-19-20(13-17)30-15-29-19/h5-10,13H,3-4,11-12,14-15H2,1-2H3,(H2,24,25,26). The Hall–Kier alpha value is -3.55. The van der Waals surface area contributed by atoms with Crippen LogP contribution in [0.5, 0.6) is 11.5 Å². The molecule has 1 aliphatic rings. The van der Waals surface area contributed by atoms with E-state index in [2.05, 4.69) is 44.8 Å². The topological polar surface area (TPSA) is 93.8 Å². The molecular formula is C23H27N5O3. The minimum absolute atomic E-state index is 0.280. The lowest BCUT2D eigenvalue weighted by Crippen LogP contribution is -2.38. The minimum atomic E-state index is 0.280. The van der Waals surface area contributed by atoms with Gasteiger partial charge in [-0.15, -0.1) is 0 Å². The molecule has 0 aliphatic carbocycles. The Morgan fingerprint density at radius 3 is 2.58 bits per heavy atom. The smallest absolute Gasteiger partial charge is 0.257 e. The predicted octanol–water partition coefficient (Wildman–Crippen LogP) is 3.33. The van der Waals surface area contributed by atoms with Gasteiger partial charge >= 0.3 is 0 Å². The van der Waals surface area contributed by atoms with E-state index in [1.165, 1.54) is 5.56 Å². The van der Waals surface area contributed by atoms with E-state index in [0.717, 1.165) is 60.3 Å². The Labute approximate surface area is 181 Å². The molecule has 0 saturated heterocycles. The molecule has 0 saturated carbocycles. The molecule has 1 aliphatic heterocycles. The van der Waals surface area contributed by atoms with Crippen molar-refractivity contribution in [2.45, 2.75) is 33.2 Å². The highest BCUT2D eigenvalue weighted by Crippen LogP contribution is 2.32. The molecule has 3 aromatic rings.